The second-order valence-corrected chi connectivity index (χ2v) is 5.34. The van der Waals surface area contributed by atoms with Gasteiger partial charge in [0.2, 0.25) is 5.91 Å². The maximum atomic E-state index is 12.1. The molecule has 0 aromatic carbocycles. The summed E-state index contributed by atoms with van der Waals surface area (Å²) in [5.74, 6) is 0.120. The Hall–Kier alpha value is -0.610. The van der Waals surface area contributed by atoms with E-state index in [1.807, 2.05) is 20.8 Å². The molecule has 0 unspecified atom stereocenters. The zero-order chi connectivity index (χ0) is 12.9. The molecular formula is C13H27N3O. The van der Waals surface area contributed by atoms with Gasteiger partial charge in [0.25, 0.3) is 0 Å². The number of carbonyl (C=O) groups excluding carboxylic acids is 1. The van der Waals surface area contributed by atoms with Gasteiger partial charge in [0, 0.05) is 19.1 Å². The van der Waals surface area contributed by atoms with E-state index in [0.717, 1.165) is 39.0 Å². The van der Waals surface area contributed by atoms with Crippen LogP contribution in [-0.2, 0) is 4.79 Å². The molecule has 1 fully saturated rings. The Morgan fingerprint density at radius 1 is 1.29 bits per heavy atom. The minimum Gasteiger partial charge on any atom is -0.352 e. The fourth-order valence-corrected chi connectivity index (χ4v) is 2.28. The molecule has 1 rings (SSSR count). The molecular weight excluding hydrogens is 214 g/mol. The fourth-order valence-electron chi connectivity index (χ4n) is 2.28. The Morgan fingerprint density at radius 2 is 1.88 bits per heavy atom. The Bertz CT molecular complexity index is 245. The van der Waals surface area contributed by atoms with Crippen LogP contribution in [-0.4, -0.2) is 48.6 Å². The summed E-state index contributed by atoms with van der Waals surface area (Å²) < 4.78 is 0. The predicted octanol–water partition coefficient (Wildman–Crippen LogP) is 0.975. The highest BCUT2D eigenvalue weighted by Gasteiger charge is 2.29. The summed E-state index contributed by atoms with van der Waals surface area (Å²) in [6.45, 7) is 12.2. The number of rotatable bonds is 5. The number of hydrogen-bond acceptors (Lipinski definition) is 3. The van der Waals surface area contributed by atoms with Gasteiger partial charge in [-0.05, 0) is 39.8 Å². The van der Waals surface area contributed by atoms with Gasteiger partial charge in [-0.3, -0.25) is 4.79 Å². The summed E-state index contributed by atoms with van der Waals surface area (Å²) in [4.78, 5) is 14.5. The molecule has 2 N–H and O–H groups in total. The van der Waals surface area contributed by atoms with Crippen LogP contribution in [0.5, 0.6) is 0 Å². The van der Waals surface area contributed by atoms with Gasteiger partial charge in [-0.15, -0.1) is 0 Å². The Labute approximate surface area is 105 Å². The van der Waals surface area contributed by atoms with E-state index >= 15 is 0 Å². The van der Waals surface area contributed by atoms with Crippen molar-refractivity contribution in [3.8, 4) is 0 Å². The monoisotopic (exact) mass is 241 g/mol. The van der Waals surface area contributed by atoms with Crippen molar-refractivity contribution in [3.63, 3.8) is 0 Å². The predicted molar refractivity (Wildman–Crippen MR) is 71.0 cm³/mol. The van der Waals surface area contributed by atoms with Crippen LogP contribution in [0.15, 0.2) is 0 Å². The molecule has 1 amide bonds. The van der Waals surface area contributed by atoms with Crippen LogP contribution >= 0.6 is 0 Å². The average Bonchev–Trinajstić information content (AvgIpc) is 2.30. The first kappa shape index (κ1) is 14.5. The van der Waals surface area contributed by atoms with Gasteiger partial charge in [-0.2, -0.15) is 0 Å². The molecule has 0 aliphatic carbocycles. The molecule has 4 nitrogen and oxygen atoms in total. The van der Waals surface area contributed by atoms with Crippen LogP contribution in [0.1, 0.15) is 40.5 Å². The minimum atomic E-state index is -0.462. The molecule has 100 valence electrons. The van der Waals surface area contributed by atoms with Crippen molar-refractivity contribution in [3.05, 3.63) is 0 Å². The minimum absolute atomic E-state index is 0.120. The number of carbonyl (C=O) groups is 1. The molecule has 1 heterocycles. The van der Waals surface area contributed by atoms with Gasteiger partial charge in [0.1, 0.15) is 0 Å². The SMILES string of the molecule is CCNC(C)(C)C(=O)NC1CCN(CC)CC1. The molecule has 4 heteroatoms. The highest BCUT2D eigenvalue weighted by Crippen LogP contribution is 2.11. The lowest BCUT2D eigenvalue weighted by atomic mass is 10.0. The number of amides is 1. The molecule has 0 saturated carbocycles. The van der Waals surface area contributed by atoms with Crippen LogP contribution in [0.4, 0.5) is 0 Å². The maximum Gasteiger partial charge on any atom is 0.239 e. The molecule has 0 aromatic rings. The van der Waals surface area contributed by atoms with E-state index < -0.39 is 5.54 Å². The van der Waals surface area contributed by atoms with E-state index in [1.165, 1.54) is 0 Å². The molecule has 0 radical (unpaired) electrons. The summed E-state index contributed by atoms with van der Waals surface area (Å²) in [6, 6.07) is 0.350. The molecule has 1 aliphatic rings. The molecule has 1 aliphatic heterocycles. The van der Waals surface area contributed by atoms with Crippen molar-refractivity contribution >= 4 is 5.91 Å². The molecule has 1 saturated heterocycles. The van der Waals surface area contributed by atoms with E-state index in [-0.39, 0.29) is 5.91 Å². The Morgan fingerprint density at radius 3 is 2.35 bits per heavy atom. The lowest BCUT2D eigenvalue weighted by Crippen LogP contribution is -2.56. The number of piperidine rings is 1. The van der Waals surface area contributed by atoms with Gasteiger partial charge in [-0.25, -0.2) is 0 Å². The van der Waals surface area contributed by atoms with Crippen molar-refractivity contribution in [1.82, 2.24) is 15.5 Å². The van der Waals surface area contributed by atoms with Crippen LogP contribution in [0, 0.1) is 0 Å². The summed E-state index contributed by atoms with van der Waals surface area (Å²) in [5.41, 5.74) is -0.462. The second-order valence-electron chi connectivity index (χ2n) is 5.34. The standard InChI is InChI=1S/C13H27N3O/c1-5-14-13(3,4)12(17)15-11-7-9-16(6-2)10-8-11/h11,14H,5-10H2,1-4H3,(H,15,17). The molecule has 0 bridgehead atoms. The summed E-state index contributed by atoms with van der Waals surface area (Å²) in [7, 11) is 0. The van der Waals surface area contributed by atoms with E-state index in [0.29, 0.717) is 6.04 Å². The normalized spacial score (nSPS) is 19.3. The summed E-state index contributed by atoms with van der Waals surface area (Å²) >= 11 is 0. The van der Waals surface area contributed by atoms with Crippen LogP contribution in [0.2, 0.25) is 0 Å². The number of likely N-dealkylation sites (tertiary alicyclic amines) is 1. The van der Waals surface area contributed by atoms with Crippen LogP contribution in [0.3, 0.4) is 0 Å². The lowest BCUT2D eigenvalue weighted by Gasteiger charge is -2.34. The van der Waals surface area contributed by atoms with Gasteiger partial charge in [-0.1, -0.05) is 13.8 Å². The third-order valence-corrected chi connectivity index (χ3v) is 3.56. The highest BCUT2D eigenvalue weighted by atomic mass is 16.2. The molecule has 0 atom stereocenters. The largest absolute Gasteiger partial charge is 0.352 e. The maximum absolute atomic E-state index is 12.1. The number of hydrogen-bond donors (Lipinski definition) is 2. The topological polar surface area (TPSA) is 44.4 Å². The van der Waals surface area contributed by atoms with Gasteiger partial charge >= 0.3 is 0 Å². The first-order valence-corrected chi connectivity index (χ1v) is 6.78. The third-order valence-electron chi connectivity index (χ3n) is 3.56. The van der Waals surface area contributed by atoms with Gasteiger partial charge in [0.15, 0.2) is 0 Å². The second kappa shape index (κ2) is 6.36. The van der Waals surface area contributed by atoms with Crippen LogP contribution < -0.4 is 10.6 Å². The van der Waals surface area contributed by atoms with Crippen molar-refractivity contribution in [1.29, 1.82) is 0 Å². The van der Waals surface area contributed by atoms with Crippen LogP contribution in [0.25, 0.3) is 0 Å². The van der Waals surface area contributed by atoms with E-state index in [1.54, 1.807) is 0 Å². The van der Waals surface area contributed by atoms with E-state index in [2.05, 4.69) is 22.5 Å². The first-order chi connectivity index (χ1) is 7.99. The first-order valence-electron chi connectivity index (χ1n) is 6.78. The van der Waals surface area contributed by atoms with Gasteiger partial charge in [0.05, 0.1) is 5.54 Å². The van der Waals surface area contributed by atoms with Gasteiger partial charge < -0.3 is 15.5 Å². The van der Waals surface area contributed by atoms with E-state index in [9.17, 15) is 4.79 Å². The van der Waals surface area contributed by atoms with Crippen molar-refractivity contribution < 1.29 is 4.79 Å². The van der Waals surface area contributed by atoms with Crippen molar-refractivity contribution in [2.75, 3.05) is 26.2 Å². The Kier molecular flexibility index (Phi) is 5.40. The quantitative estimate of drug-likeness (QED) is 0.754. The summed E-state index contributed by atoms with van der Waals surface area (Å²) in [5, 5.41) is 6.37. The number of likely N-dealkylation sites (N-methyl/N-ethyl adjacent to an activating group) is 1. The number of nitrogens with zero attached hydrogens (tertiary/aromatic N) is 1. The molecule has 17 heavy (non-hydrogen) atoms. The Balaban J connectivity index is 2.37. The zero-order valence-electron chi connectivity index (χ0n) is 11.7. The average molecular weight is 241 g/mol. The third kappa shape index (κ3) is 4.28. The number of nitrogens with one attached hydrogen (secondary N) is 2. The molecule has 0 aromatic heterocycles. The summed E-state index contributed by atoms with van der Waals surface area (Å²) in [6.07, 6.45) is 2.14. The van der Waals surface area contributed by atoms with E-state index in [4.69, 9.17) is 0 Å². The molecule has 0 spiro atoms. The lowest BCUT2D eigenvalue weighted by molar-refractivity contribution is -0.127. The smallest absolute Gasteiger partial charge is 0.239 e. The fraction of sp³-hybridized carbons (Fsp3) is 0.923. The van der Waals surface area contributed by atoms with Crippen molar-refractivity contribution in [2.24, 2.45) is 0 Å². The van der Waals surface area contributed by atoms with Crippen molar-refractivity contribution in [2.45, 2.75) is 52.1 Å². The zero-order valence-corrected chi connectivity index (χ0v) is 11.7. The highest BCUT2D eigenvalue weighted by molar-refractivity contribution is 5.85.